The maximum Gasteiger partial charge on any atom is 0.333 e. The maximum absolute atomic E-state index is 10.9. The summed E-state index contributed by atoms with van der Waals surface area (Å²) in [7, 11) is 0. The third-order valence-electron chi connectivity index (χ3n) is 1.81. The fourth-order valence-electron chi connectivity index (χ4n) is 0.918. The summed E-state index contributed by atoms with van der Waals surface area (Å²) in [4.78, 5) is 10.9. The quantitative estimate of drug-likeness (QED) is 0.471. The molecule has 68 valence electrons. The number of ether oxygens (including phenoxy) is 2. The first-order valence-corrected chi connectivity index (χ1v) is 4.14. The molecule has 3 heteroatoms. The summed E-state index contributed by atoms with van der Waals surface area (Å²) in [5.41, 5.74) is 0.449. The number of carbonyl (C=O) groups excluding carboxylic acids is 1. The van der Waals surface area contributed by atoms with Gasteiger partial charge in [0.25, 0.3) is 0 Å². The molecule has 0 aromatic heterocycles. The third kappa shape index (κ3) is 2.66. The molecule has 0 radical (unpaired) electrons. The molecule has 1 aliphatic rings. The number of carbonyl (C=O) groups is 1. The van der Waals surface area contributed by atoms with E-state index in [-0.39, 0.29) is 5.97 Å². The standard InChI is InChI=1S/C9H14O3/c1-7(2)9(10)12-6-4-8-3-5-11-8/h8H,1,3-6H2,2H3. The van der Waals surface area contributed by atoms with Gasteiger partial charge in [0.15, 0.2) is 0 Å². The Morgan fingerprint density at radius 2 is 2.42 bits per heavy atom. The predicted molar refractivity (Wildman–Crippen MR) is 44.7 cm³/mol. The van der Waals surface area contributed by atoms with Crippen molar-refractivity contribution in [3.05, 3.63) is 12.2 Å². The van der Waals surface area contributed by atoms with Gasteiger partial charge in [-0.05, 0) is 13.3 Å². The molecule has 12 heavy (non-hydrogen) atoms. The lowest BCUT2D eigenvalue weighted by Crippen LogP contribution is -2.28. The van der Waals surface area contributed by atoms with Crippen LogP contribution in [0.25, 0.3) is 0 Å². The first-order valence-electron chi connectivity index (χ1n) is 4.14. The van der Waals surface area contributed by atoms with Gasteiger partial charge in [0, 0.05) is 18.6 Å². The highest BCUT2D eigenvalue weighted by Gasteiger charge is 2.18. The second kappa shape index (κ2) is 4.26. The largest absolute Gasteiger partial charge is 0.462 e. The zero-order valence-corrected chi connectivity index (χ0v) is 7.34. The van der Waals surface area contributed by atoms with E-state index >= 15 is 0 Å². The minimum Gasteiger partial charge on any atom is -0.462 e. The van der Waals surface area contributed by atoms with Gasteiger partial charge in [-0.25, -0.2) is 4.79 Å². The van der Waals surface area contributed by atoms with Gasteiger partial charge >= 0.3 is 5.97 Å². The normalized spacial score (nSPS) is 21.2. The van der Waals surface area contributed by atoms with Gasteiger partial charge < -0.3 is 9.47 Å². The van der Waals surface area contributed by atoms with Crippen LogP contribution in [0.15, 0.2) is 12.2 Å². The van der Waals surface area contributed by atoms with Crippen molar-refractivity contribution in [3.63, 3.8) is 0 Å². The van der Waals surface area contributed by atoms with E-state index in [1.165, 1.54) is 0 Å². The zero-order valence-electron chi connectivity index (χ0n) is 7.34. The van der Waals surface area contributed by atoms with Gasteiger partial charge in [0.1, 0.15) is 0 Å². The van der Waals surface area contributed by atoms with E-state index in [2.05, 4.69) is 6.58 Å². The number of hydrogen-bond donors (Lipinski definition) is 0. The Kier molecular flexibility index (Phi) is 3.29. The minimum atomic E-state index is -0.311. The Hall–Kier alpha value is -0.830. The monoisotopic (exact) mass is 170 g/mol. The molecule has 3 nitrogen and oxygen atoms in total. The average molecular weight is 170 g/mol. The Bertz CT molecular complexity index is 182. The number of rotatable bonds is 4. The van der Waals surface area contributed by atoms with Crippen LogP contribution in [0.3, 0.4) is 0 Å². The summed E-state index contributed by atoms with van der Waals surface area (Å²) in [6.45, 7) is 6.41. The van der Waals surface area contributed by atoms with Crippen molar-refractivity contribution in [2.75, 3.05) is 13.2 Å². The summed E-state index contributed by atoms with van der Waals surface area (Å²) in [6.07, 6.45) is 2.20. The van der Waals surface area contributed by atoms with Crippen molar-refractivity contribution in [3.8, 4) is 0 Å². The van der Waals surface area contributed by atoms with Crippen LogP contribution >= 0.6 is 0 Å². The predicted octanol–water partition coefficient (Wildman–Crippen LogP) is 1.28. The summed E-state index contributed by atoms with van der Waals surface area (Å²) >= 11 is 0. The summed E-state index contributed by atoms with van der Waals surface area (Å²) in [6, 6.07) is 0. The molecule has 1 aliphatic heterocycles. The molecule has 0 aromatic carbocycles. The van der Waals surface area contributed by atoms with E-state index in [0.717, 1.165) is 19.4 Å². The summed E-state index contributed by atoms with van der Waals surface area (Å²) in [5.74, 6) is -0.311. The fraction of sp³-hybridized carbons (Fsp3) is 0.667. The second-order valence-corrected chi connectivity index (χ2v) is 2.99. The van der Waals surface area contributed by atoms with Gasteiger partial charge in [-0.15, -0.1) is 0 Å². The van der Waals surface area contributed by atoms with Crippen molar-refractivity contribution >= 4 is 5.97 Å². The number of esters is 1. The van der Waals surface area contributed by atoms with Gasteiger partial charge in [-0.1, -0.05) is 6.58 Å². The Morgan fingerprint density at radius 1 is 1.75 bits per heavy atom. The van der Waals surface area contributed by atoms with E-state index in [4.69, 9.17) is 9.47 Å². The first kappa shape index (κ1) is 9.26. The van der Waals surface area contributed by atoms with Gasteiger partial charge in [-0.2, -0.15) is 0 Å². The molecular formula is C9H14O3. The molecule has 0 spiro atoms. The van der Waals surface area contributed by atoms with E-state index in [9.17, 15) is 4.79 Å². The van der Waals surface area contributed by atoms with E-state index < -0.39 is 0 Å². The molecule has 0 amide bonds. The molecule has 0 aliphatic carbocycles. The van der Waals surface area contributed by atoms with Crippen LogP contribution in [0.5, 0.6) is 0 Å². The van der Waals surface area contributed by atoms with Crippen molar-refractivity contribution in [2.24, 2.45) is 0 Å². The summed E-state index contributed by atoms with van der Waals surface area (Å²) in [5, 5.41) is 0. The van der Waals surface area contributed by atoms with E-state index in [0.29, 0.717) is 18.3 Å². The van der Waals surface area contributed by atoms with Crippen LogP contribution in [0.1, 0.15) is 19.8 Å². The average Bonchev–Trinajstić information content (AvgIpc) is 1.93. The molecule has 1 heterocycles. The zero-order chi connectivity index (χ0) is 8.97. The smallest absolute Gasteiger partial charge is 0.333 e. The van der Waals surface area contributed by atoms with Gasteiger partial charge in [0.05, 0.1) is 12.7 Å². The molecule has 0 N–H and O–H groups in total. The molecule has 1 unspecified atom stereocenters. The molecule has 1 atom stereocenters. The van der Waals surface area contributed by atoms with Crippen LogP contribution in [-0.4, -0.2) is 25.3 Å². The molecule has 1 fully saturated rings. The van der Waals surface area contributed by atoms with Crippen molar-refractivity contribution in [2.45, 2.75) is 25.9 Å². The van der Waals surface area contributed by atoms with Crippen molar-refractivity contribution in [1.82, 2.24) is 0 Å². The van der Waals surface area contributed by atoms with Crippen LogP contribution in [-0.2, 0) is 14.3 Å². The third-order valence-corrected chi connectivity index (χ3v) is 1.81. The van der Waals surface area contributed by atoms with E-state index in [1.807, 2.05) is 0 Å². The van der Waals surface area contributed by atoms with Gasteiger partial charge in [-0.3, -0.25) is 0 Å². The molecule has 0 bridgehead atoms. The SMILES string of the molecule is C=C(C)C(=O)OCCC1CCO1. The van der Waals surface area contributed by atoms with Crippen LogP contribution in [0, 0.1) is 0 Å². The minimum absolute atomic E-state index is 0.308. The topological polar surface area (TPSA) is 35.5 Å². The van der Waals surface area contributed by atoms with Gasteiger partial charge in [0.2, 0.25) is 0 Å². The van der Waals surface area contributed by atoms with Crippen LogP contribution < -0.4 is 0 Å². The summed E-state index contributed by atoms with van der Waals surface area (Å²) < 4.78 is 10.1. The number of hydrogen-bond acceptors (Lipinski definition) is 3. The Labute approximate surface area is 72.4 Å². The van der Waals surface area contributed by atoms with Crippen LogP contribution in [0.2, 0.25) is 0 Å². The highest BCUT2D eigenvalue weighted by molar-refractivity contribution is 5.86. The molecule has 0 saturated carbocycles. The Morgan fingerprint density at radius 3 is 2.83 bits per heavy atom. The molecule has 1 rings (SSSR count). The fourth-order valence-corrected chi connectivity index (χ4v) is 0.918. The Balaban J connectivity index is 2.01. The van der Waals surface area contributed by atoms with Crippen molar-refractivity contribution in [1.29, 1.82) is 0 Å². The van der Waals surface area contributed by atoms with Crippen molar-refractivity contribution < 1.29 is 14.3 Å². The first-order chi connectivity index (χ1) is 5.70. The van der Waals surface area contributed by atoms with Crippen LogP contribution in [0.4, 0.5) is 0 Å². The highest BCUT2D eigenvalue weighted by atomic mass is 16.5. The highest BCUT2D eigenvalue weighted by Crippen LogP contribution is 2.14. The molecular weight excluding hydrogens is 156 g/mol. The lowest BCUT2D eigenvalue weighted by molar-refractivity contribution is -0.141. The lowest BCUT2D eigenvalue weighted by Gasteiger charge is -2.25. The van der Waals surface area contributed by atoms with E-state index in [1.54, 1.807) is 6.92 Å². The second-order valence-electron chi connectivity index (χ2n) is 2.99. The maximum atomic E-state index is 10.9. The molecule has 1 saturated heterocycles. The molecule has 0 aromatic rings. The lowest BCUT2D eigenvalue weighted by atomic mass is 10.1.